The Bertz CT molecular complexity index is 901. The van der Waals surface area contributed by atoms with Gasteiger partial charge in [-0.25, -0.2) is 0 Å². The van der Waals surface area contributed by atoms with Gasteiger partial charge in [0.15, 0.2) is 11.5 Å². The van der Waals surface area contributed by atoms with Crippen LogP contribution >= 0.6 is 0 Å². The molecular formula is C24H30O6. The Morgan fingerprint density at radius 2 is 1.57 bits per heavy atom. The summed E-state index contributed by atoms with van der Waals surface area (Å²) in [6.45, 7) is 5.40. The molecule has 0 aliphatic rings. The van der Waals surface area contributed by atoms with Crippen molar-refractivity contribution in [3.63, 3.8) is 0 Å². The molecule has 0 saturated heterocycles. The maximum atomic E-state index is 11.2. The second-order valence-electron chi connectivity index (χ2n) is 7.16. The van der Waals surface area contributed by atoms with Crippen LogP contribution in [0.25, 0.3) is 0 Å². The molecule has 2 aromatic rings. The molecule has 0 spiro atoms. The van der Waals surface area contributed by atoms with Crippen molar-refractivity contribution in [1.82, 2.24) is 0 Å². The van der Waals surface area contributed by atoms with Crippen LogP contribution in [-0.4, -0.2) is 32.4 Å². The highest BCUT2D eigenvalue weighted by molar-refractivity contribution is 5.71. The molecule has 0 aliphatic heterocycles. The first-order valence-corrected chi connectivity index (χ1v) is 9.75. The second-order valence-corrected chi connectivity index (χ2v) is 7.16. The second kappa shape index (κ2) is 10.6. The van der Waals surface area contributed by atoms with E-state index < -0.39 is 5.97 Å². The topological polar surface area (TPSA) is 74.2 Å². The zero-order valence-electron chi connectivity index (χ0n) is 18.5. The Labute approximate surface area is 178 Å². The predicted octanol–water partition coefficient (Wildman–Crippen LogP) is 4.64. The molecule has 0 heterocycles. The fourth-order valence-electron chi connectivity index (χ4n) is 3.23. The van der Waals surface area contributed by atoms with Gasteiger partial charge in [-0.05, 0) is 62.4 Å². The molecule has 0 radical (unpaired) electrons. The van der Waals surface area contributed by atoms with Crippen LogP contribution in [-0.2, 0) is 24.1 Å². The van der Waals surface area contributed by atoms with Gasteiger partial charge in [-0.15, -0.1) is 0 Å². The lowest BCUT2D eigenvalue weighted by Gasteiger charge is -2.16. The van der Waals surface area contributed by atoms with Crippen LogP contribution in [0.4, 0.5) is 0 Å². The van der Waals surface area contributed by atoms with E-state index in [-0.39, 0.29) is 11.5 Å². The van der Waals surface area contributed by atoms with Gasteiger partial charge in [0.25, 0.3) is 0 Å². The predicted molar refractivity (Wildman–Crippen MR) is 116 cm³/mol. The average Bonchev–Trinajstić information content (AvgIpc) is 2.71. The molecule has 2 aromatic carbocycles. The van der Waals surface area contributed by atoms with Crippen molar-refractivity contribution in [2.75, 3.05) is 21.3 Å². The Morgan fingerprint density at radius 1 is 0.933 bits per heavy atom. The molecule has 0 aromatic heterocycles. The molecule has 0 unspecified atom stereocenters. The van der Waals surface area contributed by atoms with E-state index in [0.29, 0.717) is 18.6 Å². The van der Waals surface area contributed by atoms with Crippen LogP contribution in [0, 0.1) is 0 Å². The number of allylic oxidation sites excluding steroid dienone is 2. The van der Waals surface area contributed by atoms with E-state index in [0.717, 1.165) is 34.6 Å². The van der Waals surface area contributed by atoms with Crippen LogP contribution < -0.4 is 18.9 Å². The number of aryl methyl sites for hydroxylation is 2. The zero-order valence-corrected chi connectivity index (χ0v) is 18.5. The third kappa shape index (κ3) is 5.69. The fourth-order valence-corrected chi connectivity index (χ4v) is 3.23. The van der Waals surface area contributed by atoms with Crippen LogP contribution in [0.1, 0.15) is 37.5 Å². The average molecular weight is 414 g/mol. The molecule has 6 heteroatoms. The van der Waals surface area contributed by atoms with Crippen molar-refractivity contribution in [1.29, 1.82) is 0 Å². The summed E-state index contributed by atoms with van der Waals surface area (Å²) in [6.07, 6.45) is 4.15. The molecule has 0 atom stereocenters. The lowest BCUT2D eigenvalue weighted by molar-refractivity contribution is -0.132. The number of phenolic OH excluding ortho intramolecular Hbond substituents is 1. The molecule has 0 amide bonds. The van der Waals surface area contributed by atoms with Gasteiger partial charge in [-0.1, -0.05) is 17.7 Å². The fraction of sp³-hybridized carbons (Fsp3) is 0.375. The first kappa shape index (κ1) is 23.1. The minimum atomic E-state index is -0.507. The number of ether oxygens (including phenoxy) is 4. The van der Waals surface area contributed by atoms with Crippen LogP contribution in [0.2, 0.25) is 0 Å². The molecule has 2 rings (SSSR count). The van der Waals surface area contributed by atoms with Crippen LogP contribution in [0.15, 0.2) is 35.9 Å². The minimum Gasteiger partial charge on any atom is -0.502 e. The Hall–Kier alpha value is -3.15. The van der Waals surface area contributed by atoms with Gasteiger partial charge in [-0.2, -0.15) is 0 Å². The van der Waals surface area contributed by atoms with Gasteiger partial charge in [-0.3, -0.25) is 4.79 Å². The van der Waals surface area contributed by atoms with Crippen molar-refractivity contribution in [2.45, 2.75) is 40.0 Å². The molecule has 0 saturated carbocycles. The standard InChI is InChI=1S/C24H30O6/c1-15(2)7-11-19-21(27-4)13-17(14-22(19)28-5)8-9-18-10-12-20(30-16(3)25)23(26)24(18)29-6/h7,10,12-14,26H,8-9,11H2,1-6H3. The van der Waals surface area contributed by atoms with E-state index in [1.807, 2.05) is 12.1 Å². The van der Waals surface area contributed by atoms with E-state index >= 15 is 0 Å². The summed E-state index contributed by atoms with van der Waals surface area (Å²) in [5, 5.41) is 10.4. The van der Waals surface area contributed by atoms with Crippen molar-refractivity contribution < 1.29 is 28.8 Å². The van der Waals surface area contributed by atoms with E-state index in [9.17, 15) is 9.90 Å². The van der Waals surface area contributed by atoms with Crippen molar-refractivity contribution >= 4 is 5.97 Å². The summed E-state index contributed by atoms with van der Waals surface area (Å²) in [6, 6.07) is 7.37. The van der Waals surface area contributed by atoms with Gasteiger partial charge in [0, 0.05) is 12.5 Å². The van der Waals surface area contributed by atoms with E-state index in [1.165, 1.54) is 19.6 Å². The number of carbonyl (C=O) groups excluding carboxylic acids is 1. The Kier molecular flexibility index (Phi) is 8.16. The van der Waals surface area contributed by atoms with Gasteiger partial charge in [0.1, 0.15) is 11.5 Å². The van der Waals surface area contributed by atoms with Gasteiger partial charge >= 0.3 is 5.97 Å². The number of benzene rings is 2. The number of hydrogen-bond donors (Lipinski definition) is 1. The maximum absolute atomic E-state index is 11.2. The number of hydrogen-bond acceptors (Lipinski definition) is 6. The molecule has 0 aliphatic carbocycles. The number of methoxy groups -OCH3 is 3. The van der Waals surface area contributed by atoms with E-state index in [1.54, 1.807) is 26.4 Å². The number of carbonyl (C=O) groups is 1. The lowest BCUT2D eigenvalue weighted by Crippen LogP contribution is -2.04. The minimum absolute atomic E-state index is 0.0788. The summed E-state index contributed by atoms with van der Waals surface area (Å²) < 4.78 is 21.6. The summed E-state index contributed by atoms with van der Waals surface area (Å²) in [5.41, 5.74) is 4.07. The van der Waals surface area contributed by atoms with Gasteiger partial charge in [0.05, 0.1) is 21.3 Å². The number of aromatic hydroxyl groups is 1. The molecular weight excluding hydrogens is 384 g/mol. The Morgan fingerprint density at radius 3 is 2.07 bits per heavy atom. The van der Waals surface area contributed by atoms with Crippen molar-refractivity contribution in [3.8, 4) is 28.7 Å². The summed E-state index contributed by atoms with van der Waals surface area (Å²) in [5.74, 6) is 1.25. The quantitative estimate of drug-likeness (QED) is 0.366. The number of phenols is 1. The SMILES string of the molecule is COc1cc(CCc2ccc(OC(C)=O)c(O)c2OC)cc(OC)c1CC=C(C)C. The summed E-state index contributed by atoms with van der Waals surface area (Å²) >= 11 is 0. The highest BCUT2D eigenvalue weighted by Gasteiger charge is 2.17. The molecule has 0 fully saturated rings. The van der Waals surface area contributed by atoms with Crippen LogP contribution in [0.3, 0.4) is 0 Å². The lowest BCUT2D eigenvalue weighted by atomic mass is 9.99. The van der Waals surface area contributed by atoms with E-state index in [2.05, 4.69) is 19.9 Å². The van der Waals surface area contributed by atoms with Crippen molar-refractivity contribution in [3.05, 3.63) is 52.6 Å². The smallest absolute Gasteiger partial charge is 0.308 e. The summed E-state index contributed by atoms with van der Waals surface area (Å²) in [4.78, 5) is 11.2. The Balaban J connectivity index is 2.30. The number of rotatable bonds is 9. The monoisotopic (exact) mass is 414 g/mol. The highest BCUT2D eigenvalue weighted by atomic mass is 16.5. The van der Waals surface area contributed by atoms with E-state index in [4.69, 9.17) is 18.9 Å². The highest BCUT2D eigenvalue weighted by Crippen LogP contribution is 2.40. The first-order valence-electron chi connectivity index (χ1n) is 9.75. The third-order valence-corrected chi connectivity index (χ3v) is 4.70. The van der Waals surface area contributed by atoms with Crippen molar-refractivity contribution in [2.24, 2.45) is 0 Å². The molecule has 162 valence electrons. The molecule has 1 N–H and O–H groups in total. The van der Waals surface area contributed by atoms with Gasteiger partial charge in [0.2, 0.25) is 5.75 Å². The largest absolute Gasteiger partial charge is 0.502 e. The zero-order chi connectivity index (χ0) is 22.3. The van der Waals surface area contributed by atoms with Crippen LogP contribution in [0.5, 0.6) is 28.7 Å². The maximum Gasteiger partial charge on any atom is 0.308 e. The first-order chi connectivity index (χ1) is 14.3. The molecule has 6 nitrogen and oxygen atoms in total. The molecule has 30 heavy (non-hydrogen) atoms. The normalized spacial score (nSPS) is 10.3. The number of esters is 1. The van der Waals surface area contributed by atoms with Gasteiger partial charge < -0.3 is 24.1 Å². The third-order valence-electron chi connectivity index (χ3n) is 4.70. The molecule has 0 bridgehead atoms. The summed E-state index contributed by atoms with van der Waals surface area (Å²) in [7, 11) is 4.78.